The molecule has 1 aliphatic carbocycles. The molecule has 0 heterocycles. The van der Waals surface area contributed by atoms with Gasteiger partial charge in [0, 0.05) is 17.0 Å². The average molecular weight is 278 g/mol. The van der Waals surface area contributed by atoms with Crippen molar-refractivity contribution in [3.8, 4) is 0 Å². The van der Waals surface area contributed by atoms with Gasteiger partial charge in [0.05, 0.1) is 5.75 Å². The Morgan fingerprint density at radius 1 is 1.37 bits per heavy atom. The second-order valence-electron chi connectivity index (χ2n) is 5.20. The fraction of sp³-hybridized carbons (Fsp3) is 0.533. The number of carbonyl (C=O) groups excluding carboxylic acids is 1. The van der Waals surface area contributed by atoms with Crippen LogP contribution in [-0.4, -0.2) is 17.7 Å². The summed E-state index contributed by atoms with van der Waals surface area (Å²) in [6, 6.07) is 8.60. The first-order chi connectivity index (χ1) is 9.15. The molecule has 3 nitrogen and oxygen atoms in total. The topological polar surface area (TPSA) is 55.1 Å². The molecule has 1 aliphatic rings. The van der Waals surface area contributed by atoms with Crippen molar-refractivity contribution in [1.29, 1.82) is 0 Å². The molecule has 0 saturated heterocycles. The van der Waals surface area contributed by atoms with Gasteiger partial charge in [0.15, 0.2) is 0 Å². The lowest BCUT2D eigenvalue weighted by molar-refractivity contribution is -0.119. The fourth-order valence-corrected chi connectivity index (χ4v) is 3.07. The number of nitrogens with two attached hydrogens (primary N) is 1. The monoisotopic (exact) mass is 278 g/mol. The van der Waals surface area contributed by atoms with Gasteiger partial charge in [0.2, 0.25) is 5.91 Å². The van der Waals surface area contributed by atoms with Crippen LogP contribution < -0.4 is 11.1 Å². The van der Waals surface area contributed by atoms with Crippen molar-refractivity contribution in [2.45, 2.75) is 49.6 Å². The Kier molecular flexibility index (Phi) is 5.28. The minimum absolute atomic E-state index is 0.0599. The lowest BCUT2D eigenvalue weighted by Gasteiger charge is -2.11. The molecule has 0 bridgehead atoms. The first-order valence-electron chi connectivity index (χ1n) is 6.93. The van der Waals surface area contributed by atoms with Crippen LogP contribution in [0, 0.1) is 0 Å². The van der Waals surface area contributed by atoms with Gasteiger partial charge in [-0.25, -0.2) is 0 Å². The number of amides is 1. The van der Waals surface area contributed by atoms with E-state index in [0.29, 0.717) is 11.8 Å². The van der Waals surface area contributed by atoms with E-state index in [1.807, 2.05) is 31.2 Å². The number of carbonyl (C=O) groups is 1. The second kappa shape index (κ2) is 6.96. The zero-order chi connectivity index (χ0) is 13.7. The zero-order valence-electron chi connectivity index (χ0n) is 11.4. The number of benzene rings is 1. The maximum atomic E-state index is 11.8. The van der Waals surface area contributed by atoms with Crippen LogP contribution in [0.4, 0.5) is 0 Å². The van der Waals surface area contributed by atoms with E-state index in [1.165, 1.54) is 12.8 Å². The largest absolute Gasteiger partial charge is 0.353 e. The van der Waals surface area contributed by atoms with Gasteiger partial charge in [0.1, 0.15) is 0 Å². The van der Waals surface area contributed by atoms with Gasteiger partial charge in [-0.3, -0.25) is 4.79 Å². The summed E-state index contributed by atoms with van der Waals surface area (Å²) < 4.78 is 0. The zero-order valence-corrected chi connectivity index (χ0v) is 12.2. The first-order valence-corrected chi connectivity index (χ1v) is 7.91. The fourth-order valence-electron chi connectivity index (χ4n) is 2.36. The van der Waals surface area contributed by atoms with Gasteiger partial charge in [-0.05, 0) is 37.5 Å². The molecule has 4 heteroatoms. The van der Waals surface area contributed by atoms with E-state index >= 15 is 0 Å². The molecule has 0 radical (unpaired) electrons. The molecular formula is C15H22N2OS. The molecule has 104 valence electrons. The van der Waals surface area contributed by atoms with Crippen LogP contribution in [-0.2, 0) is 4.79 Å². The molecule has 0 aliphatic heterocycles. The third kappa shape index (κ3) is 4.55. The predicted molar refractivity (Wildman–Crippen MR) is 80.2 cm³/mol. The predicted octanol–water partition coefficient (Wildman–Crippen LogP) is 2.86. The summed E-state index contributed by atoms with van der Waals surface area (Å²) in [6.45, 7) is 1.97. The molecule has 0 aromatic heterocycles. The van der Waals surface area contributed by atoms with E-state index in [2.05, 4.69) is 5.32 Å². The van der Waals surface area contributed by atoms with E-state index in [9.17, 15) is 4.79 Å². The molecule has 1 unspecified atom stereocenters. The minimum Gasteiger partial charge on any atom is -0.353 e. The first kappa shape index (κ1) is 14.4. The van der Waals surface area contributed by atoms with Crippen LogP contribution in [0.15, 0.2) is 29.2 Å². The third-order valence-corrected chi connectivity index (χ3v) is 4.51. The molecule has 19 heavy (non-hydrogen) atoms. The summed E-state index contributed by atoms with van der Waals surface area (Å²) in [5.41, 5.74) is 6.93. The van der Waals surface area contributed by atoms with Crippen molar-refractivity contribution in [3.63, 3.8) is 0 Å². The Morgan fingerprint density at radius 3 is 2.58 bits per heavy atom. The van der Waals surface area contributed by atoms with Crippen LogP contribution in [0.1, 0.15) is 44.2 Å². The molecule has 1 atom stereocenters. The van der Waals surface area contributed by atoms with Crippen LogP contribution in [0.5, 0.6) is 0 Å². The van der Waals surface area contributed by atoms with E-state index in [-0.39, 0.29) is 11.9 Å². The number of hydrogen-bond donors (Lipinski definition) is 2. The molecule has 1 aromatic rings. The average Bonchev–Trinajstić information content (AvgIpc) is 2.89. The van der Waals surface area contributed by atoms with Crippen LogP contribution in [0.25, 0.3) is 0 Å². The number of hydrogen-bond acceptors (Lipinski definition) is 3. The van der Waals surface area contributed by atoms with E-state index in [1.54, 1.807) is 11.8 Å². The van der Waals surface area contributed by atoms with Crippen molar-refractivity contribution < 1.29 is 4.79 Å². The third-order valence-electron chi connectivity index (χ3n) is 3.50. The highest BCUT2D eigenvalue weighted by Gasteiger charge is 2.16. The molecule has 1 amide bonds. The highest BCUT2D eigenvalue weighted by atomic mass is 32.2. The van der Waals surface area contributed by atoms with Crippen LogP contribution in [0.3, 0.4) is 0 Å². The SMILES string of the molecule is CC(N)c1ccc(SCC(=O)NC2CCCC2)cc1. The number of nitrogens with one attached hydrogen (secondary N) is 1. The Bertz CT molecular complexity index is 411. The van der Waals surface area contributed by atoms with Crippen molar-refractivity contribution in [3.05, 3.63) is 29.8 Å². The molecule has 3 N–H and O–H groups in total. The van der Waals surface area contributed by atoms with Crippen LogP contribution in [0.2, 0.25) is 0 Å². The summed E-state index contributed by atoms with van der Waals surface area (Å²) in [5, 5.41) is 3.10. The maximum Gasteiger partial charge on any atom is 0.230 e. The Morgan fingerprint density at radius 2 is 2.00 bits per heavy atom. The molecular weight excluding hydrogens is 256 g/mol. The molecule has 1 fully saturated rings. The highest BCUT2D eigenvalue weighted by molar-refractivity contribution is 8.00. The minimum atomic E-state index is 0.0599. The maximum absolute atomic E-state index is 11.8. The highest BCUT2D eigenvalue weighted by Crippen LogP contribution is 2.21. The normalized spacial score (nSPS) is 17.4. The van der Waals surface area contributed by atoms with E-state index in [0.717, 1.165) is 23.3 Å². The van der Waals surface area contributed by atoms with Crippen molar-refractivity contribution in [2.75, 3.05) is 5.75 Å². The van der Waals surface area contributed by atoms with Gasteiger partial charge in [-0.2, -0.15) is 0 Å². The lowest BCUT2D eigenvalue weighted by atomic mass is 10.1. The smallest absolute Gasteiger partial charge is 0.230 e. The van der Waals surface area contributed by atoms with Gasteiger partial charge in [-0.1, -0.05) is 25.0 Å². The second-order valence-corrected chi connectivity index (χ2v) is 6.24. The van der Waals surface area contributed by atoms with Crippen LogP contribution >= 0.6 is 11.8 Å². The Hall–Kier alpha value is -1.00. The van der Waals surface area contributed by atoms with E-state index < -0.39 is 0 Å². The van der Waals surface area contributed by atoms with Crippen molar-refractivity contribution in [1.82, 2.24) is 5.32 Å². The van der Waals surface area contributed by atoms with Gasteiger partial charge in [-0.15, -0.1) is 11.8 Å². The quantitative estimate of drug-likeness (QED) is 0.814. The summed E-state index contributed by atoms with van der Waals surface area (Å²) in [4.78, 5) is 12.9. The van der Waals surface area contributed by atoms with Gasteiger partial charge < -0.3 is 11.1 Å². The summed E-state index contributed by atoms with van der Waals surface area (Å²) in [6.07, 6.45) is 4.77. The molecule has 1 saturated carbocycles. The standard InChI is InChI=1S/C15H22N2OS/c1-11(16)12-6-8-14(9-7-12)19-10-15(18)17-13-4-2-3-5-13/h6-9,11,13H,2-5,10,16H2,1H3,(H,17,18). The lowest BCUT2D eigenvalue weighted by Crippen LogP contribution is -2.33. The Labute approximate surface area is 119 Å². The molecule has 1 aromatic carbocycles. The van der Waals surface area contributed by atoms with Crippen molar-refractivity contribution >= 4 is 17.7 Å². The van der Waals surface area contributed by atoms with Gasteiger partial charge in [0.25, 0.3) is 0 Å². The summed E-state index contributed by atoms with van der Waals surface area (Å²) in [5.74, 6) is 0.641. The number of rotatable bonds is 5. The molecule has 0 spiro atoms. The number of thioether (sulfide) groups is 1. The van der Waals surface area contributed by atoms with E-state index in [4.69, 9.17) is 5.73 Å². The Balaban J connectivity index is 1.76. The van der Waals surface area contributed by atoms with Crippen molar-refractivity contribution in [2.24, 2.45) is 5.73 Å². The molecule has 2 rings (SSSR count). The summed E-state index contributed by atoms with van der Waals surface area (Å²) >= 11 is 1.58. The summed E-state index contributed by atoms with van der Waals surface area (Å²) in [7, 11) is 0. The van der Waals surface area contributed by atoms with Gasteiger partial charge >= 0.3 is 0 Å².